The van der Waals surface area contributed by atoms with Crippen molar-refractivity contribution in [2.45, 2.75) is 13.8 Å². The first-order valence-electron chi connectivity index (χ1n) is 10.7. The number of imidazole rings is 1. The van der Waals surface area contributed by atoms with Crippen molar-refractivity contribution in [3.05, 3.63) is 91.2 Å². The van der Waals surface area contributed by atoms with Crippen molar-refractivity contribution in [2.24, 2.45) is 12.1 Å². The second-order valence-electron chi connectivity index (χ2n) is 7.94. The Morgan fingerprint density at radius 3 is 2.26 bits per heavy atom. The van der Waals surface area contributed by atoms with Crippen molar-refractivity contribution >= 4 is 11.5 Å². The van der Waals surface area contributed by atoms with Crippen molar-refractivity contribution in [1.29, 1.82) is 0 Å². The van der Waals surface area contributed by atoms with E-state index in [-0.39, 0.29) is 21.1 Å². The van der Waals surface area contributed by atoms with E-state index in [4.69, 9.17) is 9.72 Å². The molecule has 7 heteroatoms. The molecule has 0 fully saturated rings. The summed E-state index contributed by atoms with van der Waals surface area (Å²) in [4.78, 5) is 6.78. The number of aromatic nitrogens is 2. The molecule has 1 aromatic heterocycles. The number of hydrogen-bond donors (Lipinski definition) is 0. The maximum Gasteiger partial charge on any atom is 0.0908 e. The molecule has 0 amide bonds. The fraction of sp³-hybridized carbons (Fsp3) is 0.148. The molecule has 1 aliphatic heterocycles. The minimum Gasteiger partial charge on any atom is -0.503 e. The molecule has 0 bridgehead atoms. The number of benzene rings is 3. The van der Waals surface area contributed by atoms with Crippen molar-refractivity contribution < 1.29 is 25.8 Å². The topological polar surface area (TPSA) is 45.9 Å². The van der Waals surface area contributed by atoms with Gasteiger partial charge in [0.2, 0.25) is 0 Å². The maximum atomic E-state index is 6.11. The van der Waals surface area contributed by atoms with Gasteiger partial charge in [-0.2, -0.15) is 11.2 Å². The number of nitrogens with zero attached hydrogens (tertiary/aromatic N) is 5. The van der Waals surface area contributed by atoms with Crippen LogP contribution in [0.15, 0.2) is 71.8 Å². The summed E-state index contributed by atoms with van der Waals surface area (Å²) in [5.74, 6) is 2.95. The standard InChI is InChI=1S/C27H24N5O.Pt/c1-19-26(21-10-6-5-7-11-21)31(4)27(28-19)22-12-8-14-24(16-22)33-25-15-9-13-23(17-25)32-18-30(3)20(2)29-32;/h5-15,18H,1-4H3;/q-3;. The predicted octanol–water partition coefficient (Wildman–Crippen LogP) is 5.66. The third-order valence-electron chi connectivity index (χ3n) is 5.59. The van der Waals surface area contributed by atoms with Crippen LogP contribution in [0.3, 0.4) is 0 Å². The molecule has 34 heavy (non-hydrogen) atoms. The van der Waals surface area contributed by atoms with Crippen molar-refractivity contribution in [2.75, 3.05) is 12.1 Å². The predicted molar refractivity (Wildman–Crippen MR) is 131 cm³/mol. The fourth-order valence-corrected chi connectivity index (χ4v) is 3.88. The van der Waals surface area contributed by atoms with Crippen LogP contribution in [-0.4, -0.2) is 27.3 Å². The Bertz CT molecular complexity index is 1330. The molecule has 5 rings (SSSR count). The Kier molecular flexibility index (Phi) is 6.89. The summed E-state index contributed by atoms with van der Waals surface area (Å²) in [5, 5.41) is 6.28. The van der Waals surface area contributed by atoms with E-state index >= 15 is 0 Å². The molecule has 0 radical (unpaired) electrons. The molecule has 0 atom stereocenters. The van der Waals surface area contributed by atoms with Crippen molar-refractivity contribution in [3.63, 3.8) is 0 Å². The molecule has 0 N–H and O–H groups in total. The molecule has 3 aromatic carbocycles. The van der Waals surface area contributed by atoms with Crippen LogP contribution < -0.4 is 9.75 Å². The Hall–Kier alpha value is -3.37. The summed E-state index contributed by atoms with van der Waals surface area (Å²) >= 11 is 0. The number of aryl methyl sites for hydroxylation is 1. The van der Waals surface area contributed by atoms with Crippen LogP contribution in [0.5, 0.6) is 11.5 Å². The maximum absolute atomic E-state index is 6.11. The smallest absolute Gasteiger partial charge is 0.0908 e. The largest absolute Gasteiger partial charge is 0.503 e. The van der Waals surface area contributed by atoms with Gasteiger partial charge in [0.05, 0.1) is 23.0 Å². The quantitative estimate of drug-likeness (QED) is 0.268. The van der Waals surface area contributed by atoms with Crippen molar-refractivity contribution in [1.82, 2.24) is 14.5 Å². The Labute approximate surface area is 214 Å². The van der Waals surface area contributed by atoms with E-state index in [2.05, 4.69) is 33.9 Å². The van der Waals surface area contributed by atoms with Gasteiger partial charge >= 0.3 is 0 Å². The minimum absolute atomic E-state index is 0. The summed E-state index contributed by atoms with van der Waals surface area (Å²) in [7, 11) is 3.99. The summed E-state index contributed by atoms with van der Waals surface area (Å²) in [5.41, 5.74) is 4.87. The van der Waals surface area contributed by atoms with E-state index < -0.39 is 0 Å². The van der Waals surface area contributed by atoms with Gasteiger partial charge in [0.1, 0.15) is 0 Å². The second kappa shape index (κ2) is 9.86. The van der Waals surface area contributed by atoms with Crippen molar-refractivity contribution in [3.8, 4) is 34.1 Å². The van der Waals surface area contributed by atoms with Crippen LogP contribution in [0.25, 0.3) is 22.6 Å². The van der Waals surface area contributed by atoms with E-state index in [1.165, 1.54) is 0 Å². The molecule has 1 aliphatic rings. The first-order chi connectivity index (χ1) is 16.0. The van der Waals surface area contributed by atoms with Gasteiger partial charge < -0.3 is 19.2 Å². The first-order valence-corrected chi connectivity index (χ1v) is 10.7. The normalized spacial score (nSPS) is 13.0. The minimum atomic E-state index is 0. The number of anilines is 1. The number of amidine groups is 1. The third kappa shape index (κ3) is 4.64. The van der Waals surface area contributed by atoms with Crippen LogP contribution in [0.2, 0.25) is 0 Å². The van der Waals surface area contributed by atoms with Crippen LogP contribution in [0.4, 0.5) is 5.69 Å². The molecule has 4 aromatic rings. The summed E-state index contributed by atoms with van der Waals surface area (Å²) in [6, 6.07) is 28.5. The van der Waals surface area contributed by atoms with E-state index in [0.717, 1.165) is 39.9 Å². The fourth-order valence-electron chi connectivity index (χ4n) is 3.88. The van der Waals surface area contributed by atoms with Gasteiger partial charge in [0, 0.05) is 39.6 Å². The van der Waals surface area contributed by atoms with Crippen LogP contribution in [0, 0.1) is 25.7 Å². The monoisotopic (exact) mass is 629 g/mol. The SMILES string of the molecule is CC1=NN(c2[c-]c(Oc3[c-]c(-c4nc(C)c(-c5ccccc5)n4C)ccc3)ccc2)[CH-]N1C.[Pt]. The zero-order valence-corrected chi connectivity index (χ0v) is 21.7. The van der Waals surface area contributed by atoms with Gasteiger partial charge in [-0.3, -0.25) is 4.98 Å². The van der Waals surface area contributed by atoms with Crippen LogP contribution in [0.1, 0.15) is 12.6 Å². The third-order valence-corrected chi connectivity index (χ3v) is 5.59. The van der Waals surface area contributed by atoms with Gasteiger partial charge in [0.25, 0.3) is 0 Å². The van der Waals surface area contributed by atoms with E-state index in [0.29, 0.717) is 11.5 Å². The summed E-state index contributed by atoms with van der Waals surface area (Å²) in [6.45, 7) is 5.90. The van der Waals surface area contributed by atoms with Gasteiger partial charge in [-0.25, -0.2) is 0 Å². The van der Waals surface area contributed by atoms with E-state index in [1.54, 1.807) is 5.01 Å². The molecule has 2 heterocycles. The summed E-state index contributed by atoms with van der Waals surface area (Å²) in [6.07, 6.45) is 0. The van der Waals surface area contributed by atoms with Gasteiger partial charge in [-0.05, 0) is 26.5 Å². The zero-order chi connectivity index (χ0) is 22.9. The number of ether oxygens (including phenoxy) is 1. The van der Waals surface area contributed by atoms with Gasteiger partial charge in [-0.15, -0.1) is 48.6 Å². The van der Waals surface area contributed by atoms with Gasteiger partial charge in [-0.1, -0.05) is 42.1 Å². The zero-order valence-electron chi connectivity index (χ0n) is 19.4. The first kappa shape index (κ1) is 23.8. The Morgan fingerprint density at radius 1 is 0.853 bits per heavy atom. The molecular weight excluding hydrogens is 605 g/mol. The van der Waals surface area contributed by atoms with Crippen LogP contribution >= 0.6 is 0 Å². The number of hydrazone groups is 1. The van der Waals surface area contributed by atoms with Gasteiger partial charge in [0.15, 0.2) is 0 Å². The molecule has 176 valence electrons. The number of hydrogen-bond acceptors (Lipinski definition) is 5. The average Bonchev–Trinajstić information content (AvgIpc) is 3.32. The molecular formula is C27H24N5OPt-3. The molecule has 0 spiro atoms. The van der Waals surface area contributed by atoms with E-state index in [9.17, 15) is 0 Å². The number of rotatable bonds is 5. The second-order valence-corrected chi connectivity index (χ2v) is 7.94. The van der Waals surface area contributed by atoms with Crippen LogP contribution in [-0.2, 0) is 28.1 Å². The summed E-state index contributed by atoms with van der Waals surface area (Å²) < 4.78 is 8.21. The molecule has 0 aliphatic carbocycles. The Morgan fingerprint density at radius 2 is 1.56 bits per heavy atom. The average molecular weight is 630 g/mol. The Balaban J connectivity index is 0.00000274. The molecule has 0 saturated carbocycles. The van der Waals surface area contributed by atoms with E-state index in [1.807, 2.05) is 94.1 Å². The molecule has 0 unspecified atom stereocenters. The molecule has 6 nitrogen and oxygen atoms in total. The molecule has 0 saturated heterocycles.